The lowest BCUT2D eigenvalue weighted by Crippen LogP contribution is -2.39. The first-order valence-electron chi connectivity index (χ1n) is 6.32. The molecule has 0 aliphatic heterocycles. The van der Waals surface area contributed by atoms with Gasteiger partial charge in [-0.1, -0.05) is 13.8 Å². The summed E-state index contributed by atoms with van der Waals surface area (Å²) in [4.78, 5) is 11.9. The zero-order valence-electron chi connectivity index (χ0n) is 11.2. The molecule has 1 aromatic rings. The topological polar surface area (TPSA) is 49.3 Å². The van der Waals surface area contributed by atoms with E-state index >= 15 is 0 Å². The van der Waals surface area contributed by atoms with Crippen LogP contribution in [0, 0.1) is 11.2 Å². The molecule has 0 heterocycles. The van der Waals surface area contributed by atoms with E-state index in [4.69, 9.17) is 0 Å². The average Bonchev–Trinajstić information content (AvgIpc) is 2.43. The Bertz CT molecular complexity index is 439. The summed E-state index contributed by atoms with van der Waals surface area (Å²) < 4.78 is 13.7. The Morgan fingerprint density at radius 1 is 1.42 bits per heavy atom. The summed E-state index contributed by atoms with van der Waals surface area (Å²) in [5.74, 6) is -0.793. The third-order valence-electron chi connectivity index (χ3n) is 3.64. The van der Waals surface area contributed by atoms with Crippen molar-refractivity contribution in [1.29, 1.82) is 0 Å². The van der Waals surface area contributed by atoms with Crippen molar-refractivity contribution in [3.05, 3.63) is 34.1 Å². The van der Waals surface area contributed by atoms with Crippen molar-refractivity contribution in [1.82, 2.24) is 5.32 Å². The Hall–Kier alpha value is -0.940. The molecule has 5 heteroatoms. The predicted molar refractivity (Wildman–Crippen MR) is 76.5 cm³/mol. The fourth-order valence-electron chi connectivity index (χ4n) is 1.79. The van der Waals surface area contributed by atoms with Crippen molar-refractivity contribution in [3.63, 3.8) is 0 Å². The summed E-state index contributed by atoms with van der Waals surface area (Å²) in [7, 11) is 0. The van der Waals surface area contributed by atoms with Gasteiger partial charge in [0, 0.05) is 17.5 Å². The molecule has 0 bridgehead atoms. The molecule has 2 N–H and O–H groups in total. The number of rotatable bonds is 6. The number of aliphatic hydroxyl groups excluding tert-OH is 1. The molecule has 3 nitrogen and oxygen atoms in total. The minimum Gasteiger partial charge on any atom is -0.396 e. The maximum atomic E-state index is 13.3. The normalized spacial score (nSPS) is 11.4. The van der Waals surface area contributed by atoms with Crippen molar-refractivity contribution in [2.45, 2.75) is 26.7 Å². The number of hydrogen-bond acceptors (Lipinski definition) is 2. The molecule has 0 spiro atoms. The number of amides is 1. The summed E-state index contributed by atoms with van der Waals surface area (Å²) in [6, 6.07) is 4.25. The average molecular weight is 332 g/mol. The van der Waals surface area contributed by atoms with E-state index in [9.17, 15) is 14.3 Å². The van der Waals surface area contributed by atoms with E-state index < -0.39 is 5.82 Å². The molecule has 19 heavy (non-hydrogen) atoms. The van der Waals surface area contributed by atoms with E-state index in [2.05, 4.69) is 21.2 Å². The highest BCUT2D eigenvalue weighted by Crippen LogP contribution is 2.24. The van der Waals surface area contributed by atoms with Gasteiger partial charge in [-0.25, -0.2) is 4.39 Å². The van der Waals surface area contributed by atoms with Gasteiger partial charge in [-0.05, 0) is 47.0 Å². The van der Waals surface area contributed by atoms with Crippen molar-refractivity contribution >= 4 is 21.8 Å². The fraction of sp³-hybridized carbons (Fsp3) is 0.500. The van der Waals surface area contributed by atoms with Crippen LogP contribution < -0.4 is 5.32 Å². The van der Waals surface area contributed by atoms with Gasteiger partial charge in [0.05, 0.1) is 11.1 Å². The standard InChI is InChI=1S/C14H19BrFNO2/c1-3-14(4-2,9-18)8-17-13(19)10-5-6-11(15)12(16)7-10/h5-7,18H,3-4,8-9H2,1-2H3,(H,17,19). The lowest BCUT2D eigenvalue weighted by atomic mass is 9.83. The second-order valence-electron chi connectivity index (χ2n) is 4.68. The largest absolute Gasteiger partial charge is 0.396 e. The lowest BCUT2D eigenvalue weighted by molar-refractivity contribution is 0.0850. The Balaban J connectivity index is 2.72. The van der Waals surface area contributed by atoms with E-state index in [1.807, 2.05) is 13.8 Å². The minimum atomic E-state index is -0.466. The summed E-state index contributed by atoms with van der Waals surface area (Å²) in [6.07, 6.45) is 1.55. The number of nitrogens with one attached hydrogen (secondary N) is 1. The molecule has 1 aromatic carbocycles. The first-order valence-corrected chi connectivity index (χ1v) is 7.11. The van der Waals surface area contributed by atoms with Gasteiger partial charge < -0.3 is 10.4 Å². The quantitative estimate of drug-likeness (QED) is 0.841. The smallest absolute Gasteiger partial charge is 0.251 e. The Morgan fingerprint density at radius 2 is 2.05 bits per heavy atom. The monoisotopic (exact) mass is 331 g/mol. The molecule has 0 unspecified atom stereocenters. The molecule has 0 aromatic heterocycles. The van der Waals surface area contributed by atoms with Crippen LogP contribution in [0.15, 0.2) is 22.7 Å². The molecule has 1 amide bonds. The highest BCUT2D eigenvalue weighted by atomic mass is 79.9. The second kappa shape index (κ2) is 7.01. The van der Waals surface area contributed by atoms with Crippen LogP contribution in [0.25, 0.3) is 0 Å². The first-order chi connectivity index (χ1) is 8.98. The number of halogens is 2. The lowest BCUT2D eigenvalue weighted by Gasteiger charge is -2.29. The van der Waals surface area contributed by atoms with Crippen molar-refractivity contribution in [2.24, 2.45) is 5.41 Å². The predicted octanol–water partition coefficient (Wildman–Crippen LogP) is 3.12. The molecule has 0 aliphatic rings. The van der Waals surface area contributed by atoms with Gasteiger partial charge in [-0.2, -0.15) is 0 Å². The van der Waals surface area contributed by atoms with Crippen LogP contribution in [0.2, 0.25) is 0 Å². The molecule has 0 fully saturated rings. The first kappa shape index (κ1) is 16.1. The Labute approximate surface area is 121 Å². The zero-order valence-corrected chi connectivity index (χ0v) is 12.8. The SMILES string of the molecule is CCC(CC)(CO)CNC(=O)c1ccc(Br)c(F)c1. The van der Waals surface area contributed by atoms with Crippen LogP contribution in [-0.4, -0.2) is 24.2 Å². The van der Waals surface area contributed by atoms with Crippen LogP contribution in [0.4, 0.5) is 4.39 Å². The molecule has 0 atom stereocenters. The zero-order chi connectivity index (χ0) is 14.5. The van der Waals surface area contributed by atoms with E-state index in [0.29, 0.717) is 11.0 Å². The number of benzene rings is 1. The third kappa shape index (κ3) is 4.01. The van der Waals surface area contributed by atoms with Gasteiger partial charge in [0.25, 0.3) is 5.91 Å². The van der Waals surface area contributed by atoms with E-state index in [0.717, 1.165) is 12.8 Å². The summed E-state index contributed by atoms with van der Waals surface area (Å²) in [6.45, 7) is 4.36. The molecule has 0 saturated heterocycles. The Morgan fingerprint density at radius 3 is 2.53 bits per heavy atom. The van der Waals surface area contributed by atoms with Crippen LogP contribution in [0.1, 0.15) is 37.0 Å². The fourth-order valence-corrected chi connectivity index (χ4v) is 2.03. The highest BCUT2D eigenvalue weighted by molar-refractivity contribution is 9.10. The summed E-state index contributed by atoms with van der Waals surface area (Å²) in [5, 5.41) is 12.2. The van der Waals surface area contributed by atoms with E-state index in [-0.39, 0.29) is 23.5 Å². The summed E-state index contributed by atoms with van der Waals surface area (Å²) >= 11 is 3.04. The van der Waals surface area contributed by atoms with Gasteiger partial charge in [0.2, 0.25) is 0 Å². The van der Waals surface area contributed by atoms with E-state index in [1.54, 1.807) is 6.07 Å². The second-order valence-corrected chi connectivity index (χ2v) is 5.53. The molecule has 1 rings (SSSR count). The molecule has 0 radical (unpaired) electrons. The maximum Gasteiger partial charge on any atom is 0.251 e. The minimum absolute atomic E-state index is 0.0228. The highest BCUT2D eigenvalue weighted by Gasteiger charge is 2.26. The number of carbonyl (C=O) groups excluding carboxylic acids is 1. The van der Waals surface area contributed by atoms with Gasteiger partial charge in [0.15, 0.2) is 0 Å². The molecule has 106 valence electrons. The number of aliphatic hydroxyl groups is 1. The van der Waals surface area contributed by atoms with E-state index in [1.165, 1.54) is 12.1 Å². The molecular weight excluding hydrogens is 313 g/mol. The number of hydrogen-bond donors (Lipinski definition) is 2. The van der Waals surface area contributed by atoms with Crippen LogP contribution >= 0.6 is 15.9 Å². The van der Waals surface area contributed by atoms with Crippen LogP contribution in [0.5, 0.6) is 0 Å². The molecule has 0 saturated carbocycles. The van der Waals surface area contributed by atoms with Crippen molar-refractivity contribution in [2.75, 3.05) is 13.2 Å². The van der Waals surface area contributed by atoms with Gasteiger partial charge in [-0.15, -0.1) is 0 Å². The van der Waals surface area contributed by atoms with Gasteiger partial charge in [0.1, 0.15) is 5.82 Å². The van der Waals surface area contributed by atoms with Crippen molar-refractivity contribution in [3.8, 4) is 0 Å². The molecule has 0 aliphatic carbocycles. The number of carbonyl (C=O) groups is 1. The van der Waals surface area contributed by atoms with Crippen LogP contribution in [-0.2, 0) is 0 Å². The van der Waals surface area contributed by atoms with Gasteiger partial charge >= 0.3 is 0 Å². The summed E-state index contributed by atoms with van der Waals surface area (Å²) in [5.41, 5.74) is -0.0245. The Kier molecular flexibility index (Phi) is 5.94. The van der Waals surface area contributed by atoms with Gasteiger partial charge in [-0.3, -0.25) is 4.79 Å². The molecular formula is C14H19BrFNO2. The maximum absolute atomic E-state index is 13.3. The third-order valence-corrected chi connectivity index (χ3v) is 4.28. The van der Waals surface area contributed by atoms with Crippen LogP contribution in [0.3, 0.4) is 0 Å². The van der Waals surface area contributed by atoms with Crippen molar-refractivity contribution < 1.29 is 14.3 Å².